The van der Waals surface area contributed by atoms with Crippen molar-refractivity contribution in [3.63, 3.8) is 0 Å². The Bertz CT molecular complexity index is 878. The Morgan fingerprint density at radius 2 is 1.77 bits per heavy atom. The summed E-state index contributed by atoms with van der Waals surface area (Å²) in [5.74, 6) is -0.281. The fourth-order valence-electron chi connectivity index (χ4n) is 4.56. The largest absolute Gasteiger partial charge is 0.394 e. The first-order valence-electron chi connectivity index (χ1n) is 10.5. The Morgan fingerprint density at radius 1 is 1.13 bits per heavy atom. The minimum Gasteiger partial charge on any atom is -0.394 e. The summed E-state index contributed by atoms with van der Waals surface area (Å²) in [5.41, 5.74) is 2.00. The fraction of sp³-hybridized carbons (Fsp3) is 0.417. The third kappa shape index (κ3) is 4.24. The van der Waals surface area contributed by atoms with Gasteiger partial charge in [0.2, 0.25) is 5.91 Å². The summed E-state index contributed by atoms with van der Waals surface area (Å²) in [7, 11) is 0. The molecule has 6 heteroatoms. The van der Waals surface area contributed by atoms with E-state index in [-0.39, 0.29) is 36.3 Å². The Morgan fingerprint density at radius 3 is 2.37 bits per heavy atom. The number of ether oxygens (including phenoxy) is 1. The van der Waals surface area contributed by atoms with Crippen LogP contribution < -0.4 is 5.32 Å². The number of nitrogens with zero attached hydrogens (tertiary/aromatic N) is 2. The van der Waals surface area contributed by atoms with E-state index in [2.05, 4.69) is 11.4 Å². The molecule has 0 bridgehead atoms. The van der Waals surface area contributed by atoms with Gasteiger partial charge in [-0.2, -0.15) is 5.26 Å². The monoisotopic (exact) mass is 405 g/mol. The van der Waals surface area contributed by atoms with Crippen molar-refractivity contribution in [3.8, 4) is 6.07 Å². The molecule has 1 saturated heterocycles. The molecule has 1 aliphatic carbocycles. The Labute approximate surface area is 177 Å². The zero-order valence-corrected chi connectivity index (χ0v) is 16.9. The molecule has 156 valence electrons. The van der Waals surface area contributed by atoms with E-state index in [1.165, 1.54) is 0 Å². The van der Waals surface area contributed by atoms with Crippen LogP contribution in [0.5, 0.6) is 0 Å². The van der Waals surface area contributed by atoms with Crippen molar-refractivity contribution in [1.29, 1.82) is 5.26 Å². The van der Waals surface area contributed by atoms with Crippen molar-refractivity contribution < 1.29 is 14.6 Å². The van der Waals surface area contributed by atoms with Crippen LogP contribution in [0.1, 0.15) is 23.1 Å². The minimum absolute atomic E-state index is 0.00573. The summed E-state index contributed by atoms with van der Waals surface area (Å²) in [5, 5.41) is 23.2. The lowest BCUT2D eigenvalue weighted by Crippen LogP contribution is -2.43. The molecule has 0 unspecified atom stereocenters. The number of benzene rings is 2. The maximum atomic E-state index is 13.3. The van der Waals surface area contributed by atoms with E-state index in [1.807, 2.05) is 65.6 Å². The highest BCUT2D eigenvalue weighted by atomic mass is 16.5. The van der Waals surface area contributed by atoms with Crippen molar-refractivity contribution in [1.82, 2.24) is 10.2 Å². The fourth-order valence-corrected chi connectivity index (χ4v) is 4.56. The number of amides is 1. The number of aliphatic hydroxyl groups is 1. The first-order chi connectivity index (χ1) is 14.7. The Hall–Kier alpha value is -2.72. The lowest BCUT2D eigenvalue weighted by molar-refractivity contribution is -0.137. The van der Waals surface area contributed by atoms with Gasteiger partial charge >= 0.3 is 0 Å². The second-order valence-electron chi connectivity index (χ2n) is 7.90. The van der Waals surface area contributed by atoms with Crippen molar-refractivity contribution in [2.75, 3.05) is 32.9 Å². The average molecular weight is 405 g/mol. The lowest BCUT2D eigenvalue weighted by atomic mass is 10.0. The maximum Gasteiger partial charge on any atom is 0.226 e. The van der Waals surface area contributed by atoms with E-state index >= 15 is 0 Å². The molecular weight excluding hydrogens is 378 g/mol. The van der Waals surface area contributed by atoms with Crippen LogP contribution in [0.15, 0.2) is 60.7 Å². The molecule has 30 heavy (non-hydrogen) atoms. The molecule has 0 radical (unpaired) electrons. The molecule has 1 saturated carbocycles. The summed E-state index contributed by atoms with van der Waals surface area (Å²) in [4.78, 5) is 15.1. The van der Waals surface area contributed by atoms with Gasteiger partial charge in [-0.15, -0.1) is 0 Å². The highest BCUT2D eigenvalue weighted by molar-refractivity contribution is 5.84. The average Bonchev–Trinajstić information content (AvgIpc) is 3.56. The number of rotatable bonds is 7. The van der Waals surface area contributed by atoms with Gasteiger partial charge in [-0.1, -0.05) is 60.7 Å². The molecule has 5 atom stereocenters. The minimum atomic E-state index is -0.539. The van der Waals surface area contributed by atoms with E-state index in [4.69, 9.17) is 4.74 Å². The molecule has 1 amide bonds. The number of nitrogens with one attached hydrogen (secondary N) is 1. The highest BCUT2D eigenvalue weighted by Gasteiger charge is 2.60. The van der Waals surface area contributed by atoms with Gasteiger partial charge < -0.3 is 14.7 Å². The van der Waals surface area contributed by atoms with Crippen molar-refractivity contribution in [2.24, 2.45) is 11.8 Å². The first kappa shape index (κ1) is 20.5. The predicted molar refractivity (Wildman–Crippen MR) is 112 cm³/mol. The van der Waals surface area contributed by atoms with Crippen LogP contribution in [-0.2, 0) is 9.53 Å². The number of carbonyl (C=O) groups excluding carboxylic acids is 1. The summed E-state index contributed by atoms with van der Waals surface area (Å²) >= 11 is 0. The van der Waals surface area contributed by atoms with Crippen molar-refractivity contribution in [2.45, 2.75) is 18.0 Å². The molecule has 0 aromatic heterocycles. The van der Waals surface area contributed by atoms with Gasteiger partial charge in [0.05, 0.1) is 37.8 Å². The number of aliphatic hydroxyl groups excluding tert-OH is 1. The normalized spacial score (nSPS) is 25.2. The van der Waals surface area contributed by atoms with Gasteiger partial charge in [-0.3, -0.25) is 10.1 Å². The summed E-state index contributed by atoms with van der Waals surface area (Å²) in [6.07, 6.45) is 0. The van der Waals surface area contributed by atoms with E-state index in [0.717, 1.165) is 11.1 Å². The lowest BCUT2D eigenvalue weighted by Gasteiger charge is -2.27. The van der Waals surface area contributed by atoms with Crippen LogP contribution in [0.2, 0.25) is 0 Å². The molecule has 2 aromatic rings. The van der Waals surface area contributed by atoms with E-state index < -0.39 is 6.04 Å². The van der Waals surface area contributed by atoms with Crippen LogP contribution in [0.4, 0.5) is 0 Å². The first-order valence-corrected chi connectivity index (χ1v) is 10.5. The smallest absolute Gasteiger partial charge is 0.226 e. The topological polar surface area (TPSA) is 85.6 Å². The molecule has 6 nitrogen and oxygen atoms in total. The van der Waals surface area contributed by atoms with Gasteiger partial charge in [0.1, 0.15) is 6.04 Å². The van der Waals surface area contributed by atoms with Gasteiger partial charge in [0.15, 0.2) is 0 Å². The molecule has 1 heterocycles. The molecule has 2 aliphatic rings. The van der Waals surface area contributed by atoms with Crippen LogP contribution in [0, 0.1) is 23.2 Å². The quantitative estimate of drug-likeness (QED) is 0.737. The predicted octanol–water partition coefficient (Wildman–Crippen LogP) is 2.09. The SMILES string of the molecule is N#C[C@H](N[C@H](CO)c1ccccc1)[C@@H]1[C@H](C(=O)N2CCOCC2)[C@@H]1c1ccccc1. The summed E-state index contributed by atoms with van der Waals surface area (Å²) in [6, 6.07) is 21.0. The molecule has 0 spiro atoms. The standard InChI is InChI=1S/C24H27N3O3/c25-15-19(26-20(16-28)17-7-3-1-4-8-17)22-21(18-9-5-2-6-10-18)23(22)24(29)27-11-13-30-14-12-27/h1-10,19-23,26,28H,11-14,16H2/t19-,20+,21+,22-,23+/m0/s1. The molecule has 2 aromatic carbocycles. The van der Waals surface area contributed by atoms with Crippen LogP contribution in [-0.4, -0.2) is 54.9 Å². The maximum absolute atomic E-state index is 13.3. The summed E-state index contributed by atoms with van der Waals surface area (Å²) < 4.78 is 5.39. The van der Waals surface area contributed by atoms with Crippen LogP contribution in [0.25, 0.3) is 0 Å². The third-order valence-corrected chi connectivity index (χ3v) is 6.16. The second kappa shape index (κ2) is 9.40. The number of morpholine rings is 1. The van der Waals surface area contributed by atoms with Gasteiger partial charge in [0.25, 0.3) is 0 Å². The second-order valence-corrected chi connectivity index (χ2v) is 7.90. The van der Waals surface area contributed by atoms with Crippen LogP contribution in [0.3, 0.4) is 0 Å². The van der Waals surface area contributed by atoms with E-state index in [9.17, 15) is 15.2 Å². The van der Waals surface area contributed by atoms with Crippen molar-refractivity contribution in [3.05, 3.63) is 71.8 Å². The number of hydrogen-bond donors (Lipinski definition) is 2. The van der Waals surface area contributed by atoms with Gasteiger partial charge in [0, 0.05) is 24.9 Å². The molecule has 2 fully saturated rings. The number of carbonyl (C=O) groups is 1. The molecule has 1 aliphatic heterocycles. The number of hydrogen-bond acceptors (Lipinski definition) is 5. The zero-order chi connectivity index (χ0) is 20.9. The zero-order valence-electron chi connectivity index (χ0n) is 16.9. The van der Waals surface area contributed by atoms with E-state index in [1.54, 1.807) is 0 Å². The molecule has 4 rings (SSSR count). The van der Waals surface area contributed by atoms with Crippen molar-refractivity contribution >= 4 is 5.91 Å². The number of nitriles is 1. The molecular formula is C24H27N3O3. The van der Waals surface area contributed by atoms with Gasteiger partial charge in [-0.25, -0.2) is 0 Å². The third-order valence-electron chi connectivity index (χ3n) is 6.16. The Balaban J connectivity index is 1.56. The van der Waals surface area contributed by atoms with E-state index in [0.29, 0.717) is 26.3 Å². The van der Waals surface area contributed by atoms with Gasteiger partial charge in [-0.05, 0) is 11.1 Å². The summed E-state index contributed by atoms with van der Waals surface area (Å²) in [6.45, 7) is 2.18. The molecule has 2 N–H and O–H groups in total. The highest BCUT2D eigenvalue weighted by Crippen LogP contribution is 2.56. The Kier molecular flexibility index (Phi) is 6.44. The van der Waals surface area contributed by atoms with Crippen LogP contribution >= 0.6 is 0 Å².